The molecule has 0 aliphatic heterocycles. The van der Waals surface area contributed by atoms with Gasteiger partial charge in [0.05, 0.1) is 0 Å². The Kier molecular flexibility index (Phi) is 3.30. The van der Waals surface area contributed by atoms with E-state index in [1.54, 1.807) is 24.3 Å². The van der Waals surface area contributed by atoms with Crippen LogP contribution in [0, 0.1) is 13.8 Å². The molecule has 0 atom stereocenters. The van der Waals surface area contributed by atoms with Crippen molar-refractivity contribution in [3.63, 3.8) is 0 Å². The fraction of sp³-hybridized carbons (Fsp3) is 0.133. The predicted octanol–water partition coefficient (Wildman–Crippen LogP) is 4.19. The number of benzene rings is 2. The van der Waals surface area contributed by atoms with Crippen molar-refractivity contribution in [3.05, 3.63) is 69.7 Å². The summed E-state index contributed by atoms with van der Waals surface area (Å²) in [6, 6.07) is 12.9. The molecule has 0 N–H and O–H groups in total. The number of aryl methyl sites for hydroxylation is 2. The molecule has 86 valence electrons. The van der Waals surface area contributed by atoms with Gasteiger partial charge in [0, 0.05) is 16.1 Å². The number of carbonyl (C=O) groups is 1. The number of rotatable bonds is 2. The van der Waals surface area contributed by atoms with Gasteiger partial charge in [0.15, 0.2) is 5.78 Å². The molecule has 2 aromatic rings. The molecule has 0 spiro atoms. The van der Waals surface area contributed by atoms with E-state index in [2.05, 4.69) is 0 Å². The van der Waals surface area contributed by atoms with E-state index in [-0.39, 0.29) is 5.78 Å². The lowest BCUT2D eigenvalue weighted by Crippen LogP contribution is -2.03. The van der Waals surface area contributed by atoms with Crippen LogP contribution in [-0.4, -0.2) is 5.78 Å². The largest absolute Gasteiger partial charge is 0.289 e. The van der Waals surface area contributed by atoms with Gasteiger partial charge >= 0.3 is 0 Å². The molecule has 0 aliphatic carbocycles. The number of ketones is 1. The molecule has 2 heteroatoms. The van der Waals surface area contributed by atoms with Crippen LogP contribution in [0.3, 0.4) is 0 Å². The maximum atomic E-state index is 12.3. The molecule has 0 aromatic heterocycles. The molecule has 2 aromatic carbocycles. The first-order chi connectivity index (χ1) is 8.08. The zero-order valence-electron chi connectivity index (χ0n) is 9.83. The molecule has 0 fully saturated rings. The highest BCUT2D eigenvalue weighted by Gasteiger charge is 2.11. The van der Waals surface area contributed by atoms with Crippen molar-refractivity contribution in [3.8, 4) is 0 Å². The van der Waals surface area contributed by atoms with E-state index in [0.717, 1.165) is 16.7 Å². The summed E-state index contributed by atoms with van der Waals surface area (Å²) in [5.74, 6) is 0.0185. The summed E-state index contributed by atoms with van der Waals surface area (Å²) in [6.07, 6.45) is 0. The highest BCUT2D eigenvalue weighted by molar-refractivity contribution is 6.31. The van der Waals surface area contributed by atoms with E-state index in [1.165, 1.54) is 0 Å². The fourth-order valence-electron chi connectivity index (χ4n) is 1.85. The maximum absolute atomic E-state index is 12.3. The summed E-state index contributed by atoms with van der Waals surface area (Å²) < 4.78 is 0. The summed E-state index contributed by atoms with van der Waals surface area (Å²) >= 11 is 5.89. The molecule has 0 unspecified atom stereocenters. The van der Waals surface area contributed by atoms with E-state index < -0.39 is 0 Å². The summed E-state index contributed by atoms with van der Waals surface area (Å²) in [5, 5.41) is 0.584. The van der Waals surface area contributed by atoms with Gasteiger partial charge in [-0.2, -0.15) is 0 Å². The molecule has 2 rings (SSSR count). The Bertz CT molecular complexity index is 573. The Morgan fingerprint density at radius 3 is 2.47 bits per heavy atom. The summed E-state index contributed by atoms with van der Waals surface area (Å²) in [4.78, 5) is 12.3. The standard InChI is InChI=1S/C15H13ClO/c1-10-6-7-14(11(2)8-10)15(17)12-4-3-5-13(16)9-12/h3-9H,1-2H3. The van der Waals surface area contributed by atoms with Crippen LogP contribution in [0.4, 0.5) is 0 Å². The summed E-state index contributed by atoms with van der Waals surface area (Å²) in [6.45, 7) is 3.96. The average Bonchev–Trinajstić information content (AvgIpc) is 2.28. The van der Waals surface area contributed by atoms with Gasteiger partial charge < -0.3 is 0 Å². The molecular formula is C15H13ClO. The average molecular weight is 245 g/mol. The summed E-state index contributed by atoms with van der Waals surface area (Å²) in [5.41, 5.74) is 3.52. The second-order valence-electron chi connectivity index (χ2n) is 4.16. The Morgan fingerprint density at radius 1 is 1.06 bits per heavy atom. The van der Waals surface area contributed by atoms with Crippen LogP contribution in [0.15, 0.2) is 42.5 Å². The van der Waals surface area contributed by atoms with Gasteiger partial charge in [0.1, 0.15) is 0 Å². The number of carbonyl (C=O) groups excluding carboxylic acids is 1. The number of hydrogen-bond acceptors (Lipinski definition) is 1. The first-order valence-corrected chi connectivity index (χ1v) is 5.83. The third-order valence-corrected chi connectivity index (χ3v) is 2.95. The lowest BCUT2D eigenvalue weighted by atomic mass is 9.98. The zero-order valence-corrected chi connectivity index (χ0v) is 10.6. The zero-order chi connectivity index (χ0) is 12.4. The van der Waals surface area contributed by atoms with Gasteiger partial charge in [-0.25, -0.2) is 0 Å². The van der Waals surface area contributed by atoms with E-state index in [0.29, 0.717) is 10.6 Å². The molecule has 0 radical (unpaired) electrons. The van der Waals surface area contributed by atoms with Gasteiger partial charge in [-0.1, -0.05) is 47.5 Å². The van der Waals surface area contributed by atoms with Gasteiger partial charge in [-0.3, -0.25) is 4.79 Å². The molecular weight excluding hydrogens is 232 g/mol. The van der Waals surface area contributed by atoms with Crippen LogP contribution in [-0.2, 0) is 0 Å². The van der Waals surface area contributed by atoms with Crippen LogP contribution in [0.25, 0.3) is 0 Å². The Morgan fingerprint density at radius 2 is 1.82 bits per heavy atom. The second kappa shape index (κ2) is 4.72. The highest BCUT2D eigenvalue weighted by atomic mass is 35.5. The smallest absolute Gasteiger partial charge is 0.193 e. The van der Waals surface area contributed by atoms with Crippen molar-refractivity contribution in [1.29, 1.82) is 0 Å². The summed E-state index contributed by atoms with van der Waals surface area (Å²) in [7, 11) is 0. The minimum Gasteiger partial charge on any atom is -0.289 e. The van der Waals surface area contributed by atoms with Crippen LogP contribution >= 0.6 is 11.6 Å². The lowest BCUT2D eigenvalue weighted by Gasteiger charge is -2.06. The molecule has 1 nitrogen and oxygen atoms in total. The Labute approximate surface area is 106 Å². The highest BCUT2D eigenvalue weighted by Crippen LogP contribution is 2.18. The van der Waals surface area contributed by atoms with E-state index in [4.69, 9.17) is 11.6 Å². The molecule has 0 heterocycles. The van der Waals surface area contributed by atoms with Crippen molar-refractivity contribution < 1.29 is 4.79 Å². The van der Waals surface area contributed by atoms with Crippen LogP contribution in [0.2, 0.25) is 5.02 Å². The fourth-order valence-corrected chi connectivity index (χ4v) is 2.04. The number of halogens is 1. The quantitative estimate of drug-likeness (QED) is 0.724. The Balaban J connectivity index is 2.44. The van der Waals surface area contributed by atoms with Crippen molar-refractivity contribution in [2.75, 3.05) is 0 Å². The Hall–Kier alpha value is -1.60. The molecule has 0 amide bonds. The van der Waals surface area contributed by atoms with Crippen LogP contribution < -0.4 is 0 Å². The van der Waals surface area contributed by atoms with Crippen molar-refractivity contribution in [1.82, 2.24) is 0 Å². The maximum Gasteiger partial charge on any atom is 0.193 e. The first kappa shape index (κ1) is 11.9. The lowest BCUT2D eigenvalue weighted by molar-refractivity contribution is 0.103. The van der Waals surface area contributed by atoms with Crippen LogP contribution in [0.5, 0.6) is 0 Å². The molecule has 0 saturated carbocycles. The first-order valence-electron chi connectivity index (χ1n) is 5.45. The van der Waals surface area contributed by atoms with E-state index >= 15 is 0 Å². The van der Waals surface area contributed by atoms with Gasteiger partial charge in [-0.05, 0) is 31.5 Å². The van der Waals surface area contributed by atoms with Gasteiger partial charge in [-0.15, -0.1) is 0 Å². The minimum absolute atomic E-state index is 0.0185. The minimum atomic E-state index is 0.0185. The van der Waals surface area contributed by atoms with E-state index in [9.17, 15) is 4.79 Å². The van der Waals surface area contributed by atoms with Gasteiger partial charge in [0.25, 0.3) is 0 Å². The third-order valence-electron chi connectivity index (χ3n) is 2.71. The molecule has 0 saturated heterocycles. The van der Waals surface area contributed by atoms with Crippen LogP contribution in [0.1, 0.15) is 27.0 Å². The SMILES string of the molecule is Cc1ccc(C(=O)c2cccc(Cl)c2)c(C)c1. The van der Waals surface area contributed by atoms with Gasteiger partial charge in [0.2, 0.25) is 0 Å². The molecule has 17 heavy (non-hydrogen) atoms. The van der Waals surface area contributed by atoms with Crippen molar-refractivity contribution in [2.24, 2.45) is 0 Å². The molecule has 0 aliphatic rings. The number of hydrogen-bond donors (Lipinski definition) is 0. The predicted molar refractivity (Wildman–Crippen MR) is 70.8 cm³/mol. The van der Waals surface area contributed by atoms with Crippen molar-refractivity contribution in [2.45, 2.75) is 13.8 Å². The monoisotopic (exact) mass is 244 g/mol. The molecule has 0 bridgehead atoms. The topological polar surface area (TPSA) is 17.1 Å². The third kappa shape index (κ3) is 2.56. The normalized spacial score (nSPS) is 10.3. The second-order valence-corrected chi connectivity index (χ2v) is 4.59. The van der Waals surface area contributed by atoms with E-state index in [1.807, 2.05) is 32.0 Å². The van der Waals surface area contributed by atoms with Crippen molar-refractivity contribution >= 4 is 17.4 Å².